The molecule has 0 aromatic heterocycles. The lowest BCUT2D eigenvalue weighted by atomic mass is 9.62. The van der Waals surface area contributed by atoms with Crippen molar-refractivity contribution in [3.63, 3.8) is 0 Å². The minimum atomic E-state index is -1.02. The van der Waals surface area contributed by atoms with E-state index in [-0.39, 0.29) is 11.9 Å². The highest BCUT2D eigenvalue weighted by molar-refractivity contribution is 5.83. The maximum Gasteiger partial charge on any atom is 0.350 e. The fourth-order valence-corrected chi connectivity index (χ4v) is 9.04. The van der Waals surface area contributed by atoms with Crippen LogP contribution in [-0.2, 0) is 33.3 Å². The summed E-state index contributed by atoms with van der Waals surface area (Å²) in [7, 11) is 0. The van der Waals surface area contributed by atoms with Gasteiger partial charge in [-0.05, 0) is 80.5 Å². The van der Waals surface area contributed by atoms with Crippen molar-refractivity contribution in [2.75, 3.05) is 0 Å². The van der Waals surface area contributed by atoms with Crippen LogP contribution in [0.5, 0.6) is 0 Å². The second-order valence-corrected chi connectivity index (χ2v) is 11.8. The van der Waals surface area contributed by atoms with E-state index in [0.29, 0.717) is 17.8 Å². The average molecular weight is 433 g/mol. The maximum absolute atomic E-state index is 13.3. The molecule has 7 heteroatoms. The lowest BCUT2D eigenvalue weighted by Gasteiger charge is -2.43. The number of esters is 2. The van der Waals surface area contributed by atoms with Gasteiger partial charge >= 0.3 is 11.9 Å². The van der Waals surface area contributed by atoms with Crippen molar-refractivity contribution in [1.29, 1.82) is 0 Å². The van der Waals surface area contributed by atoms with Crippen molar-refractivity contribution >= 4 is 11.9 Å². The largest absolute Gasteiger partial charge is 0.454 e. The third-order valence-electron chi connectivity index (χ3n) is 10.2. The van der Waals surface area contributed by atoms with Crippen LogP contribution in [0.15, 0.2) is 0 Å². The monoisotopic (exact) mass is 432 g/mol. The molecule has 4 saturated carbocycles. The molecule has 3 saturated heterocycles. The fraction of sp³-hybridized carbons (Fsp3) is 0.917. The Labute approximate surface area is 182 Å². The molecule has 0 amide bonds. The molecular formula is C24H32O7. The lowest BCUT2D eigenvalue weighted by molar-refractivity contribution is -0.217. The highest BCUT2D eigenvalue weighted by atomic mass is 16.8. The van der Waals surface area contributed by atoms with E-state index in [1.165, 1.54) is 6.42 Å². The zero-order valence-corrected chi connectivity index (χ0v) is 18.6. The first kappa shape index (κ1) is 19.3. The topological polar surface area (TPSA) is 80.3 Å². The first-order chi connectivity index (χ1) is 14.7. The van der Waals surface area contributed by atoms with Crippen LogP contribution in [0.25, 0.3) is 0 Å². The van der Waals surface area contributed by atoms with Gasteiger partial charge in [-0.2, -0.15) is 0 Å². The SMILES string of the molecule is CC1C(C)C2CC1C1C3CC(C(=O)OC4C(=O)OC5C6OC(C)(C)OC6OC45)C(C3)C21. The van der Waals surface area contributed by atoms with Crippen LogP contribution in [0.2, 0.25) is 0 Å². The molecule has 0 aromatic carbocycles. The first-order valence-electron chi connectivity index (χ1n) is 12.2. The molecule has 4 aliphatic carbocycles. The number of hydrogen-bond donors (Lipinski definition) is 0. The summed E-state index contributed by atoms with van der Waals surface area (Å²) < 4.78 is 28.9. The third-order valence-corrected chi connectivity index (χ3v) is 10.2. The summed E-state index contributed by atoms with van der Waals surface area (Å²) >= 11 is 0. The van der Waals surface area contributed by atoms with Crippen LogP contribution in [0.3, 0.4) is 0 Å². The van der Waals surface area contributed by atoms with Crippen molar-refractivity contribution in [3.8, 4) is 0 Å². The molecule has 7 fully saturated rings. The van der Waals surface area contributed by atoms with Crippen molar-refractivity contribution in [1.82, 2.24) is 0 Å². The summed E-state index contributed by atoms with van der Waals surface area (Å²) in [5.74, 6) is 4.07. The Hall–Kier alpha value is -1.18. The van der Waals surface area contributed by atoms with Gasteiger partial charge in [-0.15, -0.1) is 0 Å². The van der Waals surface area contributed by atoms with Gasteiger partial charge in [0.05, 0.1) is 5.92 Å². The summed E-state index contributed by atoms with van der Waals surface area (Å²) in [6.07, 6.45) is 0.0720. The quantitative estimate of drug-likeness (QED) is 0.490. The standard InChI is InChI=1S/C24H32O7/c1-8-9(2)12-7-11(8)15-10-5-13(16(12)15)14(6-10)21(25)28-19-17-18(27-22(19)26)20-23(29-17)31-24(3,4)30-20/h8-20,23H,5-7H2,1-4H3. The van der Waals surface area contributed by atoms with Crippen LogP contribution in [0, 0.1) is 53.3 Å². The Morgan fingerprint density at radius 3 is 2.45 bits per heavy atom. The molecule has 14 unspecified atom stereocenters. The van der Waals surface area contributed by atoms with Crippen molar-refractivity contribution in [2.24, 2.45) is 53.3 Å². The van der Waals surface area contributed by atoms with Crippen LogP contribution < -0.4 is 0 Å². The van der Waals surface area contributed by atoms with Crippen LogP contribution in [0.4, 0.5) is 0 Å². The molecule has 14 atom stereocenters. The molecule has 3 aliphatic heterocycles. The van der Waals surface area contributed by atoms with E-state index in [0.717, 1.165) is 42.4 Å². The molecule has 7 rings (SSSR count). The van der Waals surface area contributed by atoms with Crippen molar-refractivity contribution in [2.45, 2.75) is 83.5 Å². The van der Waals surface area contributed by atoms with Gasteiger partial charge < -0.3 is 23.7 Å². The number of hydrogen-bond acceptors (Lipinski definition) is 7. The van der Waals surface area contributed by atoms with Crippen LogP contribution in [-0.4, -0.2) is 48.4 Å². The van der Waals surface area contributed by atoms with E-state index in [4.69, 9.17) is 23.7 Å². The molecule has 4 bridgehead atoms. The van der Waals surface area contributed by atoms with Gasteiger partial charge in [-0.25, -0.2) is 4.79 Å². The molecule has 7 aliphatic rings. The van der Waals surface area contributed by atoms with E-state index in [1.807, 2.05) is 0 Å². The highest BCUT2D eigenvalue weighted by Crippen LogP contribution is 2.71. The molecule has 170 valence electrons. The molecule has 3 heterocycles. The summed E-state index contributed by atoms with van der Waals surface area (Å²) in [5.41, 5.74) is 0. The minimum Gasteiger partial charge on any atom is -0.454 e. The lowest BCUT2D eigenvalue weighted by Crippen LogP contribution is -2.43. The molecule has 0 spiro atoms. The van der Waals surface area contributed by atoms with E-state index in [1.54, 1.807) is 13.8 Å². The number of carbonyl (C=O) groups is 2. The van der Waals surface area contributed by atoms with Gasteiger partial charge in [-0.3, -0.25) is 4.79 Å². The van der Waals surface area contributed by atoms with E-state index < -0.39 is 42.5 Å². The normalized spacial score (nSPS) is 59.5. The average Bonchev–Trinajstić information content (AvgIpc) is 3.51. The molecule has 7 nitrogen and oxygen atoms in total. The second kappa shape index (κ2) is 6.03. The molecule has 0 radical (unpaired) electrons. The highest BCUT2D eigenvalue weighted by Gasteiger charge is 2.68. The second-order valence-electron chi connectivity index (χ2n) is 11.8. The molecule has 0 aromatic rings. The number of fused-ring (bicyclic) bond motifs is 12. The molecule has 0 N–H and O–H groups in total. The minimum absolute atomic E-state index is 0.0905. The number of rotatable bonds is 2. The predicted molar refractivity (Wildman–Crippen MR) is 105 cm³/mol. The van der Waals surface area contributed by atoms with Gasteiger partial charge in [0, 0.05) is 0 Å². The zero-order valence-electron chi connectivity index (χ0n) is 18.6. The molecular weight excluding hydrogens is 400 g/mol. The van der Waals surface area contributed by atoms with Crippen LogP contribution in [0.1, 0.15) is 47.0 Å². The Balaban J connectivity index is 1.06. The Morgan fingerprint density at radius 2 is 1.68 bits per heavy atom. The smallest absolute Gasteiger partial charge is 0.350 e. The van der Waals surface area contributed by atoms with Crippen LogP contribution >= 0.6 is 0 Å². The predicted octanol–water partition coefficient (Wildman–Crippen LogP) is 2.51. The van der Waals surface area contributed by atoms with E-state index >= 15 is 0 Å². The Bertz CT molecular complexity index is 840. The van der Waals surface area contributed by atoms with E-state index in [9.17, 15) is 9.59 Å². The Kier molecular flexibility index (Phi) is 3.75. The summed E-state index contributed by atoms with van der Waals surface area (Å²) in [6, 6.07) is 0. The third kappa shape index (κ3) is 2.41. The first-order valence-corrected chi connectivity index (χ1v) is 12.2. The fourth-order valence-electron chi connectivity index (χ4n) is 9.04. The van der Waals surface area contributed by atoms with Gasteiger partial charge in [-0.1, -0.05) is 13.8 Å². The van der Waals surface area contributed by atoms with Crippen molar-refractivity contribution < 1.29 is 33.3 Å². The number of carbonyl (C=O) groups excluding carboxylic acids is 2. The van der Waals surface area contributed by atoms with Crippen molar-refractivity contribution in [3.05, 3.63) is 0 Å². The zero-order chi connectivity index (χ0) is 21.4. The number of ether oxygens (including phenoxy) is 5. The van der Waals surface area contributed by atoms with Gasteiger partial charge in [0.15, 0.2) is 24.3 Å². The van der Waals surface area contributed by atoms with Gasteiger partial charge in [0.1, 0.15) is 6.10 Å². The van der Waals surface area contributed by atoms with Gasteiger partial charge in [0.2, 0.25) is 6.10 Å². The molecule has 31 heavy (non-hydrogen) atoms. The Morgan fingerprint density at radius 1 is 0.935 bits per heavy atom. The van der Waals surface area contributed by atoms with Gasteiger partial charge in [0.25, 0.3) is 0 Å². The maximum atomic E-state index is 13.3. The summed E-state index contributed by atoms with van der Waals surface area (Å²) in [4.78, 5) is 25.8. The van der Waals surface area contributed by atoms with E-state index in [2.05, 4.69) is 13.8 Å². The summed E-state index contributed by atoms with van der Waals surface area (Å²) in [6.45, 7) is 8.44. The summed E-state index contributed by atoms with van der Waals surface area (Å²) in [5, 5.41) is 0.